The molecule has 1 unspecified atom stereocenters. The van der Waals surface area contributed by atoms with E-state index in [0.29, 0.717) is 31.0 Å². The number of benzene rings is 2. The molecule has 1 fully saturated rings. The van der Waals surface area contributed by atoms with Crippen molar-refractivity contribution in [2.24, 2.45) is 10.7 Å². The van der Waals surface area contributed by atoms with Crippen LogP contribution in [0.15, 0.2) is 65.3 Å². The van der Waals surface area contributed by atoms with Crippen LogP contribution in [0.2, 0.25) is 5.02 Å². The summed E-state index contributed by atoms with van der Waals surface area (Å²) in [5, 5.41) is 0.253. The summed E-state index contributed by atoms with van der Waals surface area (Å²) in [5.41, 5.74) is 4.65. The minimum Gasteiger partial charge on any atom is -0.467 e. The number of likely N-dealkylation sites (tertiary alicyclic amines) is 1. The zero-order valence-corrected chi connectivity index (χ0v) is 18.4. The van der Waals surface area contributed by atoms with Crippen LogP contribution in [-0.4, -0.2) is 48.4 Å². The van der Waals surface area contributed by atoms with E-state index in [-0.39, 0.29) is 27.9 Å². The van der Waals surface area contributed by atoms with Crippen LogP contribution in [0.5, 0.6) is 0 Å². The van der Waals surface area contributed by atoms with Gasteiger partial charge in [-0.25, -0.2) is 9.79 Å². The van der Waals surface area contributed by atoms with E-state index >= 15 is 0 Å². The molecule has 6 nitrogen and oxygen atoms in total. The van der Waals surface area contributed by atoms with Crippen LogP contribution in [0.25, 0.3) is 0 Å². The maximum Gasteiger partial charge on any atom is 0.430 e. The second-order valence-electron chi connectivity index (χ2n) is 7.30. The molecule has 0 aromatic heterocycles. The third-order valence-electron chi connectivity index (χ3n) is 5.13. The largest absolute Gasteiger partial charge is 0.467 e. The molecule has 0 bridgehead atoms. The third-order valence-corrected chi connectivity index (χ3v) is 5.45. The summed E-state index contributed by atoms with van der Waals surface area (Å²) in [4.78, 5) is 30.5. The molecule has 3 rings (SSSR count). The number of methoxy groups -OCH3 is 1. The Morgan fingerprint density at radius 1 is 1.15 bits per heavy atom. The summed E-state index contributed by atoms with van der Waals surface area (Å²) in [5.74, 6) is -0.858. The zero-order chi connectivity index (χ0) is 24.2. The average Bonchev–Trinajstić information content (AvgIpc) is 3.28. The van der Waals surface area contributed by atoms with Crippen molar-refractivity contribution in [3.63, 3.8) is 0 Å². The first-order chi connectivity index (χ1) is 15.6. The van der Waals surface area contributed by atoms with Crippen molar-refractivity contribution in [2.45, 2.75) is 25.1 Å². The molecule has 2 N–H and O–H groups in total. The summed E-state index contributed by atoms with van der Waals surface area (Å²) in [6.45, 7) is 0.407. The van der Waals surface area contributed by atoms with E-state index in [9.17, 15) is 22.8 Å². The van der Waals surface area contributed by atoms with E-state index in [2.05, 4.69) is 4.99 Å². The third kappa shape index (κ3) is 5.73. The maximum absolute atomic E-state index is 13.1. The number of carbonyl (C=O) groups excluding carboxylic acids is 2. The first-order valence-electron chi connectivity index (χ1n) is 9.98. The molecule has 2 aromatic rings. The molecule has 1 aliphatic rings. The van der Waals surface area contributed by atoms with Crippen molar-refractivity contribution in [3.8, 4) is 0 Å². The zero-order valence-electron chi connectivity index (χ0n) is 17.6. The number of nitrogens with two attached hydrogens (primary N) is 1. The summed E-state index contributed by atoms with van der Waals surface area (Å²) in [6.07, 6.45) is -2.85. The van der Waals surface area contributed by atoms with Crippen LogP contribution in [0.4, 0.5) is 18.9 Å². The summed E-state index contributed by atoms with van der Waals surface area (Å²) in [6, 6.07) is 11.6. The Labute approximate surface area is 193 Å². The molecule has 174 valence electrons. The van der Waals surface area contributed by atoms with Crippen molar-refractivity contribution in [3.05, 3.63) is 76.5 Å². The quantitative estimate of drug-likeness (QED) is 0.500. The lowest BCUT2D eigenvalue weighted by Gasteiger charge is -2.22. The molecule has 1 amide bonds. The van der Waals surface area contributed by atoms with Crippen molar-refractivity contribution in [1.29, 1.82) is 0 Å². The Kier molecular flexibility index (Phi) is 7.43. The van der Waals surface area contributed by atoms with Gasteiger partial charge in [0.15, 0.2) is 0 Å². The fraction of sp³-hybridized carbons (Fsp3) is 0.261. The van der Waals surface area contributed by atoms with Gasteiger partial charge >= 0.3 is 12.1 Å². The molecule has 1 heterocycles. The van der Waals surface area contributed by atoms with Crippen LogP contribution in [0.1, 0.15) is 28.8 Å². The van der Waals surface area contributed by atoms with Crippen molar-refractivity contribution < 1.29 is 27.5 Å². The van der Waals surface area contributed by atoms with Crippen molar-refractivity contribution in [1.82, 2.24) is 4.90 Å². The van der Waals surface area contributed by atoms with Gasteiger partial charge in [0.2, 0.25) is 0 Å². The highest BCUT2D eigenvalue weighted by molar-refractivity contribution is 6.33. The minimum atomic E-state index is -4.74. The predicted octanol–water partition coefficient (Wildman–Crippen LogP) is 4.64. The first kappa shape index (κ1) is 24.3. The number of ether oxygens (including phenoxy) is 1. The molecule has 0 aliphatic carbocycles. The number of amides is 1. The van der Waals surface area contributed by atoms with Gasteiger partial charge in [-0.1, -0.05) is 35.9 Å². The molecular formula is C23H21ClF3N3O3. The Bertz CT molecular complexity index is 1100. The van der Waals surface area contributed by atoms with E-state index in [4.69, 9.17) is 22.1 Å². The monoisotopic (exact) mass is 479 g/mol. The lowest BCUT2D eigenvalue weighted by Crippen LogP contribution is -2.41. The number of allylic oxidation sites excluding steroid dienone is 2. The summed E-state index contributed by atoms with van der Waals surface area (Å²) >= 11 is 6.10. The number of para-hydroxylation sites is 1. The van der Waals surface area contributed by atoms with Gasteiger partial charge in [0.25, 0.3) is 5.91 Å². The van der Waals surface area contributed by atoms with Gasteiger partial charge in [0.05, 0.1) is 23.5 Å². The number of aliphatic imine (C=N–C) groups is 1. The Hall–Kier alpha value is -3.33. The van der Waals surface area contributed by atoms with Gasteiger partial charge in [-0.05, 0) is 43.2 Å². The van der Waals surface area contributed by atoms with E-state index < -0.39 is 23.9 Å². The fourth-order valence-corrected chi connectivity index (χ4v) is 3.60. The van der Waals surface area contributed by atoms with E-state index in [1.54, 1.807) is 24.3 Å². The Balaban J connectivity index is 1.95. The number of halogens is 4. The number of hydrogen-bond donors (Lipinski definition) is 1. The molecule has 33 heavy (non-hydrogen) atoms. The standard InChI is InChI=1S/C23H21ClF3N3O3/c1-33-22(32)19-7-4-12-30(19)21(31)15-10-8-14(9-11-15)18(13-20(28)23(25,26)27)29-17-6-3-2-5-16(17)24/h2-3,5-6,8-11,13,19H,4,7,12,28H2,1H3/b20-13-,29-18?. The van der Waals surface area contributed by atoms with Crippen LogP contribution in [-0.2, 0) is 9.53 Å². The second-order valence-corrected chi connectivity index (χ2v) is 7.71. The van der Waals surface area contributed by atoms with E-state index in [1.165, 1.54) is 36.3 Å². The van der Waals surface area contributed by atoms with E-state index in [1.807, 2.05) is 0 Å². The smallest absolute Gasteiger partial charge is 0.430 e. The van der Waals surface area contributed by atoms with Crippen LogP contribution >= 0.6 is 11.6 Å². The normalized spacial score (nSPS) is 17.2. The highest BCUT2D eigenvalue weighted by Crippen LogP contribution is 2.27. The Morgan fingerprint density at radius 2 is 1.79 bits per heavy atom. The van der Waals surface area contributed by atoms with Crippen LogP contribution < -0.4 is 5.73 Å². The molecule has 2 aromatic carbocycles. The van der Waals surface area contributed by atoms with Gasteiger partial charge in [-0.2, -0.15) is 13.2 Å². The average molecular weight is 480 g/mol. The number of rotatable bonds is 5. The van der Waals surface area contributed by atoms with Crippen molar-refractivity contribution >= 4 is 34.9 Å². The lowest BCUT2D eigenvalue weighted by atomic mass is 10.0. The number of nitrogens with zero attached hydrogens (tertiary/aromatic N) is 2. The van der Waals surface area contributed by atoms with Gasteiger partial charge in [0, 0.05) is 17.7 Å². The molecule has 0 saturated carbocycles. The van der Waals surface area contributed by atoms with Gasteiger partial charge < -0.3 is 15.4 Å². The lowest BCUT2D eigenvalue weighted by molar-refractivity contribution is -0.145. The highest BCUT2D eigenvalue weighted by atomic mass is 35.5. The predicted molar refractivity (Wildman–Crippen MR) is 118 cm³/mol. The fourth-order valence-electron chi connectivity index (χ4n) is 3.42. The summed E-state index contributed by atoms with van der Waals surface area (Å²) < 4.78 is 43.9. The maximum atomic E-state index is 13.1. The molecule has 1 aliphatic heterocycles. The number of alkyl halides is 3. The molecule has 1 atom stereocenters. The van der Waals surface area contributed by atoms with Crippen molar-refractivity contribution in [2.75, 3.05) is 13.7 Å². The topological polar surface area (TPSA) is 85.0 Å². The van der Waals surface area contributed by atoms with Crippen LogP contribution in [0.3, 0.4) is 0 Å². The molecule has 10 heteroatoms. The summed E-state index contributed by atoms with van der Waals surface area (Å²) in [7, 11) is 1.26. The molecule has 0 radical (unpaired) electrons. The molecular weight excluding hydrogens is 459 g/mol. The molecule has 0 spiro atoms. The Morgan fingerprint density at radius 3 is 2.39 bits per heavy atom. The van der Waals surface area contributed by atoms with Gasteiger partial charge in [0.1, 0.15) is 11.7 Å². The van der Waals surface area contributed by atoms with Gasteiger partial charge in [-0.3, -0.25) is 4.79 Å². The number of carbonyl (C=O) groups is 2. The number of hydrogen-bond acceptors (Lipinski definition) is 5. The first-order valence-corrected chi connectivity index (χ1v) is 10.4. The SMILES string of the molecule is COC(=O)C1CCCN1C(=O)c1ccc(C(/C=C(\N)C(F)(F)F)=Nc2ccccc2Cl)cc1. The number of esters is 1. The highest BCUT2D eigenvalue weighted by Gasteiger charge is 2.35. The van der Waals surface area contributed by atoms with Gasteiger partial charge in [-0.15, -0.1) is 0 Å². The molecule has 1 saturated heterocycles. The van der Waals surface area contributed by atoms with E-state index in [0.717, 1.165) is 0 Å². The van der Waals surface area contributed by atoms with Crippen LogP contribution in [0, 0.1) is 0 Å². The second kappa shape index (κ2) is 10.1. The minimum absolute atomic E-state index is 0.0782.